The Bertz CT molecular complexity index is 612. The molecule has 0 aliphatic heterocycles. The minimum absolute atomic E-state index is 0.00499. The predicted molar refractivity (Wildman–Crippen MR) is 84.3 cm³/mol. The molecule has 1 heterocycles. The first-order valence-electron chi connectivity index (χ1n) is 5.18. The van der Waals surface area contributed by atoms with Gasteiger partial charge in [0.05, 0.1) is 22.0 Å². The van der Waals surface area contributed by atoms with E-state index in [0.29, 0.717) is 10.6 Å². The van der Waals surface area contributed by atoms with Crippen LogP contribution in [0, 0.1) is 10.5 Å². The molecular formula is C12H10ClIN2OS. The molecule has 1 N–H and O–H groups in total. The molecule has 0 spiro atoms. The normalized spacial score (nSPS) is 10.4. The Balaban J connectivity index is 2.37. The van der Waals surface area contributed by atoms with Gasteiger partial charge in [-0.1, -0.05) is 11.6 Å². The third-order valence-corrected chi connectivity index (χ3v) is 4.23. The Morgan fingerprint density at radius 2 is 2.22 bits per heavy atom. The number of halogens is 2. The highest BCUT2D eigenvalue weighted by atomic mass is 127. The van der Waals surface area contributed by atoms with Gasteiger partial charge in [0.2, 0.25) is 0 Å². The lowest BCUT2D eigenvalue weighted by molar-refractivity contribution is 0.101. The monoisotopic (exact) mass is 392 g/mol. The van der Waals surface area contributed by atoms with Crippen molar-refractivity contribution in [1.29, 1.82) is 0 Å². The van der Waals surface area contributed by atoms with E-state index in [4.69, 9.17) is 11.6 Å². The molecule has 1 aromatic carbocycles. The van der Waals surface area contributed by atoms with Crippen molar-refractivity contribution in [1.82, 2.24) is 4.37 Å². The number of aromatic nitrogens is 1. The third kappa shape index (κ3) is 2.84. The topological polar surface area (TPSA) is 42.0 Å². The second-order valence-corrected chi connectivity index (χ2v) is 6.20. The van der Waals surface area contributed by atoms with Crippen LogP contribution in [0.2, 0.25) is 5.02 Å². The molecule has 0 saturated heterocycles. The van der Waals surface area contributed by atoms with Crippen molar-refractivity contribution in [2.75, 3.05) is 5.32 Å². The smallest absolute Gasteiger partial charge is 0.164 e. The van der Waals surface area contributed by atoms with Gasteiger partial charge in [-0.25, -0.2) is 0 Å². The van der Waals surface area contributed by atoms with Gasteiger partial charge in [0, 0.05) is 3.57 Å². The fourth-order valence-corrected chi connectivity index (χ4v) is 3.34. The Kier molecular flexibility index (Phi) is 4.24. The first-order chi connectivity index (χ1) is 8.49. The summed E-state index contributed by atoms with van der Waals surface area (Å²) >= 11 is 9.62. The van der Waals surface area contributed by atoms with Gasteiger partial charge in [0.1, 0.15) is 5.00 Å². The number of anilines is 2. The molecule has 94 valence electrons. The fraction of sp³-hybridized carbons (Fsp3) is 0.167. The van der Waals surface area contributed by atoms with Crippen molar-refractivity contribution in [2.24, 2.45) is 0 Å². The van der Waals surface area contributed by atoms with Crippen LogP contribution in [0.25, 0.3) is 0 Å². The van der Waals surface area contributed by atoms with E-state index in [1.54, 1.807) is 0 Å². The Hall–Kier alpha value is -0.660. The SMILES string of the molecule is CC(=O)c1c(C)nsc1Nc1ccc(I)cc1Cl. The predicted octanol–water partition coefficient (Wildman–Crippen LogP) is 4.66. The number of Topliss-reactive ketones (excluding diaryl/α,β-unsaturated/α-hetero) is 1. The number of carbonyl (C=O) groups is 1. The highest BCUT2D eigenvalue weighted by Gasteiger charge is 2.15. The van der Waals surface area contributed by atoms with Gasteiger partial charge in [-0.15, -0.1) is 0 Å². The number of carbonyl (C=O) groups excluding carboxylic acids is 1. The first-order valence-corrected chi connectivity index (χ1v) is 7.41. The number of benzene rings is 1. The van der Waals surface area contributed by atoms with Crippen LogP contribution >= 0.6 is 45.7 Å². The van der Waals surface area contributed by atoms with Gasteiger partial charge >= 0.3 is 0 Å². The van der Waals surface area contributed by atoms with Crippen LogP contribution in [0.4, 0.5) is 10.7 Å². The molecule has 0 aliphatic rings. The number of aryl methyl sites for hydroxylation is 1. The molecular weight excluding hydrogens is 383 g/mol. The first kappa shape index (κ1) is 13.8. The molecule has 0 fully saturated rings. The maximum Gasteiger partial charge on any atom is 0.164 e. The molecule has 3 nitrogen and oxygen atoms in total. The molecule has 0 radical (unpaired) electrons. The van der Waals surface area contributed by atoms with Crippen molar-refractivity contribution >= 4 is 62.2 Å². The lowest BCUT2D eigenvalue weighted by atomic mass is 10.2. The van der Waals surface area contributed by atoms with Crippen molar-refractivity contribution in [2.45, 2.75) is 13.8 Å². The summed E-state index contributed by atoms with van der Waals surface area (Å²) in [5.41, 5.74) is 2.16. The van der Waals surface area contributed by atoms with Crippen LogP contribution in [0.1, 0.15) is 23.0 Å². The zero-order valence-corrected chi connectivity index (χ0v) is 13.5. The highest BCUT2D eigenvalue weighted by molar-refractivity contribution is 14.1. The van der Waals surface area contributed by atoms with E-state index < -0.39 is 0 Å². The lowest BCUT2D eigenvalue weighted by Gasteiger charge is -2.07. The van der Waals surface area contributed by atoms with Gasteiger partial charge in [0.15, 0.2) is 5.78 Å². The van der Waals surface area contributed by atoms with Gasteiger partial charge in [-0.3, -0.25) is 4.79 Å². The van der Waals surface area contributed by atoms with E-state index in [9.17, 15) is 4.79 Å². The highest BCUT2D eigenvalue weighted by Crippen LogP contribution is 2.32. The average Bonchev–Trinajstić information content (AvgIpc) is 2.64. The van der Waals surface area contributed by atoms with E-state index in [-0.39, 0.29) is 5.78 Å². The molecule has 2 aromatic rings. The molecule has 18 heavy (non-hydrogen) atoms. The minimum Gasteiger partial charge on any atom is -0.344 e. The molecule has 0 aliphatic carbocycles. The number of nitrogens with zero attached hydrogens (tertiary/aromatic N) is 1. The lowest BCUT2D eigenvalue weighted by Crippen LogP contribution is -1.99. The molecule has 2 rings (SSSR count). The number of hydrogen-bond donors (Lipinski definition) is 1. The Labute approximate surface area is 128 Å². The number of hydrogen-bond acceptors (Lipinski definition) is 4. The summed E-state index contributed by atoms with van der Waals surface area (Å²) in [6, 6.07) is 5.71. The molecule has 0 bridgehead atoms. The Morgan fingerprint density at radius 1 is 1.50 bits per heavy atom. The number of rotatable bonds is 3. The largest absolute Gasteiger partial charge is 0.344 e. The molecule has 0 amide bonds. The molecule has 1 aromatic heterocycles. The van der Waals surface area contributed by atoms with Crippen LogP contribution in [0.3, 0.4) is 0 Å². The summed E-state index contributed by atoms with van der Waals surface area (Å²) in [5, 5.41) is 4.54. The molecule has 6 heteroatoms. The maximum atomic E-state index is 11.6. The standard InChI is InChI=1S/C12H10ClIN2OS/c1-6-11(7(2)17)12(18-16-6)15-10-4-3-8(14)5-9(10)13/h3-5,15H,1-2H3. The minimum atomic E-state index is 0.00499. The van der Waals surface area contributed by atoms with Crippen LogP contribution in [0.15, 0.2) is 18.2 Å². The Morgan fingerprint density at radius 3 is 2.83 bits per heavy atom. The maximum absolute atomic E-state index is 11.6. The second-order valence-electron chi connectivity index (χ2n) is 3.78. The quantitative estimate of drug-likeness (QED) is 0.610. The van der Waals surface area contributed by atoms with Crippen molar-refractivity contribution < 1.29 is 4.79 Å². The second kappa shape index (κ2) is 5.54. The number of ketones is 1. The number of nitrogens with one attached hydrogen (secondary N) is 1. The van der Waals surface area contributed by atoms with Gasteiger partial charge in [-0.05, 0) is 66.2 Å². The molecule has 0 saturated carbocycles. The zero-order valence-electron chi connectivity index (χ0n) is 9.75. The summed E-state index contributed by atoms with van der Waals surface area (Å²) in [4.78, 5) is 11.6. The summed E-state index contributed by atoms with van der Waals surface area (Å²) in [7, 11) is 0. The summed E-state index contributed by atoms with van der Waals surface area (Å²) in [6.45, 7) is 3.37. The van der Waals surface area contributed by atoms with E-state index in [1.165, 1.54) is 18.5 Å². The summed E-state index contributed by atoms with van der Waals surface area (Å²) < 4.78 is 5.26. The third-order valence-electron chi connectivity index (χ3n) is 2.39. The summed E-state index contributed by atoms with van der Waals surface area (Å²) in [6.07, 6.45) is 0. The molecule has 0 atom stereocenters. The van der Waals surface area contributed by atoms with E-state index in [2.05, 4.69) is 32.3 Å². The van der Waals surface area contributed by atoms with E-state index >= 15 is 0 Å². The van der Waals surface area contributed by atoms with Crippen LogP contribution in [-0.4, -0.2) is 10.2 Å². The van der Waals surface area contributed by atoms with E-state index in [0.717, 1.165) is 20.0 Å². The van der Waals surface area contributed by atoms with Crippen molar-refractivity contribution in [3.05, 3.63) is 38.0 Å². The van der Waals surface area contributed by atoms with Gasteiger partial charge in [-0.2, -0.15) is 4.37 Å². The van der Waals surface area contributed by atoms with Gasteiger partial charge in [0.25, 0.3) is 0 Å². The van der Waals surface area contributed by atoms with Gasteiger partial charge < -0.3 is 5.32 Å². The van der Waals surface area contributed by atoms with Crippen molar-refractivity contribution in [3.8, 4) is 0 Å². The van der Waals surface area contributed by atoms with Crippen LogP contribution in [0.5, 0.6) is 0 Å². The van der Waals surface area contributed by atoms with Crippen molar-refractivity contribution in [3.63, 3.8) is 0 Å². The average molecular weight is 393 g/mol. The van der Waals surface area contributed by atoms with E-state index in [1.807, 2.05) is 25.1 Å². The van der Waals surface area contributed by atoms with Crippen LogP contribution < -0.4 is 5.32 Å². The molecule has 0 unspecified atom stereocenters. The summed E-state index contributed by atoms with van der Waals surface area (Å²) in [5.74, 6) is 0.00499. The zero-order chi connectivity index (χ0) is 13.3. The fourth-order valence-electron chi connectivity index (χ4n) is 1.58. The van der Waals surface area contributed by atoms with Crippen LogP contribution in [-0.2, 0) is 0 Å².